The van der Waals surface area contributed by atoms with Gasteiger partial charge in [0.2, 0.25) is 0 Å². The molecule has 0 bridgehead atoms. The molecule has 3 rings (SSSR count). The maximum Gasteiger partial charge on any atom is 0.320 e. The molecule has 2 aromatic rings. The van der Waals surface area contributed by atoms with Gasteiger partial charge < -0.3 is 15.2 Å². The lowest BCUT2D eigenvalue weighted by Crippen LogP contribution is -2.28. The van der Waals surface area contributed by atoms with Crippen molar-refractivity contribution in [1.29, 1.82) is 0 Å². The van der Waals surface area contributed by atoms with Gasteiger partial charge in [-0.05, 0) is 35.4 Å². The van der Waals surface area contributed by atoms with E-state index in [0.29, 0.717) is 6.61 Å². The SMILES string of the molecule is COCCNCc1ccc(C#Cc2ccc(C(CO)CC3=NC=NC(=O)C3=O)cc2)cc1. The number of carbonyl (C=O) groups is 2. The number of hydrogen-bond donors (Lipinski definition) is 2. The lowest BCUT2D eigenvalue weighted by Gasteiger charge is -2.15. The molecule has 1 atom stereocenters. The van der Waals surface area contributed by atoms with Crippen LogP contribution in [-0.2, 0) is 20.9 Å². The van der Waals surface area contributed by atoms with Crippen molar-refractivity contribution in [2.45, 2.75) is 18.9 Å². The molecule has 0 saturated heterocycles. The van der Waals surface area contributed by atoms with Gasteiger partial charge in [-0.25, -0.2) is 4.99 Å². The first kappa shape index (κ1) is 23.2. The number of rotatable bonds is 9. The number of ether oxygens (including phenoxy) is 1. The third-order valence-corrected chi connectivity index (χ3v) is 5.00. The number of methoxy groups -OCH3 is 1. The Labute approximate surface area is 187 Å². The van der Waals surface area contributed by atoms with Crippen molar-refractivity contribution in [3.8, 4) is 11.8 Å². The van der Waals surface area contributed by atoms with Crippen molar-refractivity contribution in [2.75, 3.05) is 26.9 Å². The Morgan fingerprint density at radius 1 is 1.03 bits per heavy atom. The number of hydrogen-bond acceptors (Lipinski definition) is 6. The van der Waals surface area contributed by atoms with Gasteiger partial charge in [0.15, 0.2) is 0 Å². The molecule has 7 heteroatoms. The van der Waals surface area contributed by atoms with E-state index in [1.807, 2.05) is 48.5 Å². The maximum absolute atomic E-state index is 11.9. The van der Waals surface area contributed by atoms with Gasteiger partial charge in [-0.2, -0.15) is 4.99 Å². The van der Waals surface area contributed by atoms with Crippen LogP contribution in [0.5, 0.6) is 0 Å². The zero-order valence-corrected chi connectivity index (χ0v) is 17.9. The van der Waals surface area contributed by atoms with E-state index in [-0.39, 0.29) is 24.7 Å². The summed E-state index contributed by atoms with van der Waals surface area (Å²) in [5, 5.41) is 13.1. The van der Waals surface area contributed by atoms with Crippen LogP contribution in [0, 0.1) is 11.8 Å². The number of aliphatic hydroxyl groups is 1. The zero-order chi connectivity index (χ0) is 22.8. The maximum atomic E-state index is 11.9. The van der Waals surface area contributed by atoms with Gasteiger partial charge in [-0.3, -0.25) is 9.59 Å². The third-order valence-electron chi connectivity index (χ3n) is 5.00. The summed E-state index contributed by atoms with van der Waals surface area (Å²) < 4.78 is 5.01. The van der Waals surface area contributed by atoms with Gasteiger partial charge in [0.05, 0.1) is 18.9 Å². The van der Waals surface area contributed by atoms with Crippen LogP contribution < -0.4 is 5.32 Å². The molecule has 0 radical (unpaired) electrons. The Balaban J connectivity index is 1.60. The Kier molecular flexibility index (Phi) is 8.58. The standard InChI is InChI=1S/C25H25N3O4/c1-32-13-12-26-15-20-6-4-18(5-7-20)2-3-19-8-10-21(11-9-19)22(16-29)14-23-24(30)25(31)28-17-27-23/h4-11,17,22,26,29H,12-16H2,1H3. The molecule has 1 amide bonds. The minimum absolute atomic E-state index is 0.116. The number of carbonyl (C=O) groups excluding carboxylic acids is 2. The molecule has 1 aliphatic rings. The molecule has 2 N–H and O–H groups in total. The Hall–Kier alpha value is -3.44. The normalized spacial score (nSPS) is 14.0. The van der Waals surface area contributed by atoms with Gasteiger partial charge in [-0.1, -0.05) is 36.1 Å². The quantitative estimate of drug-likeness (QED) is 0.359. The average molecular weight is 431 g/mol. The number of aliphatic hydroxyl groups excluding tert-OH is 1. The minimum Gasteiger partial charge on any atom is -0.396 e. The summed E-state index contributed by atoms with van der Waals surface area (Å²) >= 11 is 0. The number of nitrogens with zero attached hydrogens (tertiary/aromatic N) is 2. The average Bonchev–Trinajstić information content (AvgIpc) is 2.83. The van der Waals surface area contributed by atoms with E-state index < -0.39 is 11.7 Å². The van der Waals surface area contributed by atoms with Crippen molar-refractivity contribution < 1.29 is 19.4 Å². The van der Waals surface area contributed by atoms with E-state index in [0.717, 1.165) is 36.1 Å². The fraction of sp³-hybridized carbons (Fsp3) is 0.280. The van der Waals surface area contributed by atoms with Crippen LogP contribution >= 0.6 is 0 Å². The van der Waals surface area contributed by atoms with Gasteiger partial charge in [0.1, 0.15) is 6.34 Å². The monoisotopic (exact) mass is 431 g/mol. The number of nitrogens with one attached hydrogen (secondary N) is 1. The Morgan fingerprint density at radius 2 is 1.69 bits per heavy atom. The summed E-state index contributed by atoms with van der Waals surface area (Å²) in [6.07, 6.45) is 1.25. The fourth-order valence-corrected chi connectivity index (χ4v) is 3.15. The van der Waals surface area contributed by atoms with Crippen LogP contribution in [0.4, 0.5) is 0 Å². The first-order valence-corrected chi connectivity index (χ1v) is 10.3. The van der Waals surface area contributed by atoms with Gasteiger partial charge in [-0.15, -0.1) is 0 Å². The lowest BCUT2D eigenvalue weighted by molar-refractivity contribution is -0.132. The minimum atomic E-state index is -0.826. The molecule has 0 aromatic heterocycles. The number of aliphatic imine (C=N–C) groups is 2. The predicted octanol–water partition coefficient (Wildman–Crippen LogP) is 1.87. The van der Waals surface area contributed by atoms with Crippen molar-refractivity contribution in [3.63, 3.8) is 0 Å². The highest BCUT2D eigenvalue weighted by Crippen LogP contribution is 2.21. The van der Waals surface area contributed by atoms with Crippen molar-refractivity contribution >= 4 is 23.7 Å². The summed E-state index contributed by atoms with van der Waals surface area (Å²) in [5.74, 6) is 4.40. The molecule has 0 fully saturated rings. The molecule has 1 aliphatic heterocycles. The van der Waals surface area contributed by atoms with Crippen LogP contribution in [0.1, 0.15) is 34.6 Å². The van der Waals surface area contributed by atoms with Crippen molar-refractivity contribution in [3.05, 3.63) is 70.8 Å². The first-order chi connectivity index (χ1) is 15.6. The highest BCUT2D eigenvalue weighted by atomic mass is 16.5. The van der Waals surface area contributed by atoms with Crippen LogP contribution in [0.3, 0.4) is 0 Å². The van der Waals surface area contributed by atoms with Gasteiger partial charge in [0.25, 0.3) is 5.78 Å². The molecule has 1 heterocycles. The zero-order valence-electron chi connectivity index (χ0n) is 17.9. The predicted molar refractivity (Wildman–Crippen MR) is 123 cm³/mol. The van der Waals surface area contributed by atoms with Crippen LogP contribution in [0.2, 0.25) is 0 Å². The fourth-order valence-electron chi connectivity index (χ4n) is 3.15. The van der Waals surface area contributed by atoms with Crippen LogP contribution in [-0.4, -0.2) is 55.7 Å². The topological polar surface area (TPSA) is 100 Å². The number of benzene rings is 2. The Bertz CT molecular complexity index is 1060. The van der Waals surface area contributed by atoms with E-state index in [1.165, 1.54) is 5.56 Å². The van der Waals surface area contributed by atoms with Crippen LogP contribution in [0.15, 0.2) is 58.5 Å². The molecular formula is C25H25N3O4. The third kappa shape index (κ3) is 6.53. The lowest BCUT2D eigenvalue weighted by atomic mass is 9.92. The van der Waals surface area contributed by atoms with Gasteiger partial charge in [0, 0.05) is 43.7 Å². The molecule has 32 heavy (non-hydrogen) atoms. The second-order valence-corrected chi connectivity index (χ2v) is 7.28. The van der Waals surface area contributed by atoms with Gasteiger partial charge >= 0.3 is 5.91 Å². The number of Topliss-reactive ketones (excluding diaryl/α,β-unsaturated/α-hetero) is 1. The van der Waals surface area contributed by atoms with E-state index in [4.69, 9.17) is 4.74 Å². The van der Waals surface area contributed by atoms with E-state index in [2.05, 4.69) is 27.1 Å². The van der Waals surface area contributed by atoms with E-state index >= 15 is 0 Å². The molecular weight excluding hydrogens is 406 g/mol. The molecule has 7 nitrogen and oxygen atoms in total. The van der Waals surface area contributed by atoms with E-state index in [9.17, 15) is 14.7 Å². The highest BCUT2D eigenvalue weighted by molar-refractivity contribution is 6.66. The molecule has 0 spiro atoms. The summed E-state index contributed by atoms with van der Waals surface area (Å²) in [4.78, 5) is 30.6. The summed E-state index contributed by atoms with van der Waals surface area (Å²) in [5.41, 5.74) is 3.89. The van der Waals surface area contributed by atoms with Crippen molar-refractivity contribution in [1.82, 2.24) is 5.32 Å². The molecule has 0 aliphatic carbocycles. The summed E-state index contributed by atoms with van der Waals surface area (Å²) in [7, 11) is 1.68. The first-order valence-electron chi connectivity index (χ1n) is 10.3. The molecule has 164 valence electrons. The summed E-state index contributed by atoms with van der Waals surface area (Å²) in [6.45, 7) is 2.10. The number of ketones is 1. The van der Waals surface area contributed by atoms with Crippen LogP contribution in [0.25, 0.3) is 0 Å². The van der Waals surface area contributed by atoms with E-state index in [1.54, 1.807) is 7.11 Å². The molecule has 0 saturated carbocycles. The highest BCUT2D eigenvalue weighted by Gasteiger charge is 2.25. The smallest absolute Gasteiger partial charge is 0.320 e. The second kappa shape index (κ2) is 11.8. The summed E-state index contributed by atoms with van der Waals surface area (Å²) in [6, 6.07) is 15.5. The second-order valence-electron chi connectivity index (χ2n) is 7.28. The molecule has 1 unspecified atom stereocenters. The molecule has 2 aromatic carbocycles. The largest absolute Gasteiger partial charge is 0.396 e. The van der Waals surface area contributed by atoms with Crippen molar-refractivity contribution in [2.24, 2.45) is 9.98 Å². The number of amides is 1. The Morgan fingerprint density at radius 3 is 2.31 bits per heavy atom.